The lowest BCUT2D eigenvalue weighted by atomic mass is 10.0. The number of likely N-dealkylation sites (N-methyl/N-ethyl adjacent to an activating group) is 1. The highest BCUT2D eigenvalue weighted by Gasteiger charge is 2.19. The predicted octanol–water partition coefficient (Wildman–Crippen LogP) is 2.56. The molecule has 18 heavy (non-hydrogen) atoms. The highest BCUT2D eigenvalue weighted by Crippen LogP contribution is 2.14. The maximum absolute atomic E-state index is 12.3. The largest absolute Gasteiger partial charge is 0.497 e. The van der Waals surface area contributed by atoms with E-state index >= 15 is 0 Å². The fourth-order valence-electron chi connectivity index (χ4n) is 1.63. The molecule has 100 valence electrons. The van der Waals surface area contributed by atoms with Crippen molar-refractivity contribution >= 4 is 17.5 Å². The van der Waals surface area contributed by atoms with Gasteiger partial charge >= 0.3 is 0 Å². The van der Waals surface area contributed by atoms with Crippen LogP contribution in [0.2, 0.25) is 0 Å². The fourth-order valence-corrected chi connectivity index (χ4v) is 2.10. The van der Waals surface area contributed by atoms with Gasteiger partial charge in [-0.05, 0) is 44.5 Å². The Labute approximate surface area is 114 Å². The molecule has 0 radical (unpaired) electrons. The molecule has 0 bridgehead atoms. The molecular formula is C14H21NO2S. The minimum absolute atomic E-state index is 0.0921. The monoisotopic (exact) mass is 267 g/mol. The highest BCUT2D eigenvalue weighted by molar-refractivity contribution is 7.98. The normalized spacial score (nSPS) is 12.5. The molecular weight excluding hydrogens is 246 g/mol. The zero-order valence-corrected chi connectivity index (χ0v) is 12.3. The van der Waals surface area contributed by atoms with Crippen molar-refractivity contribution in [1.29, 1.82) is 0 Å². The van der Waals surface area contributed by atoms with Crippen LogP contribution in [0.1, 0.15) is 17.3 Å². The molecule has 0 N–H and O–H groups in total. The van der Waals surface area contributed by atoms with E-state index in [4.69, 9.17) is 4.74 Å². The number of benzene rings is 1. The molecule has 4 heteroatoms. The number of ketones is 1. The highest BCUT2D eigenvalue weighted by atomic mass is 32.2. The van der Waals surface area contributed by atoms with Crippen molar-refractivity contribution in [3.63, 3.8) is 0 Å². The first-order valence-corrected chi connectivity index (χ1v) is 7.37. The topological polar surface area (TPSA) is 29.5 Å². The lowest BCUT2D eigenvalue weighted by molar-refractivity contribution is 0.0875. The van der Waals surface area contributed by atoms with Crippen molar-refractivity contribution in [3.8, 4) is 5.75 Å². The third-order valence-corrected chi connectivity index (χ3v) is 3.65. The summed E-state index contributed by atoms with van der Waals surface area (Å²) in [4.78, 5) is 14.3. The smallest absolute Gasteiger partial charge is 0.179 e. The zero-order chi connectivity index (χ0) is 13.5. The van der Waals surface area contributed by atoms with E-state index in [9.17, 15) is 4.79 Å². The maximum atomic E-state index is 12.3. The van der Waals surface area contributed by atoms with Crippen LogP contribution in [-0.4, -0.2) is 49.4 Å². The molecule has 0 heterocycles. The fraction of sp³-hybridized carbons (Fsp3) is 0.500. The van der Waals surface area contributed by atoms with Crippen LogP contribution in [0.4, 0.5) is 0 Å². The molecule has 1 aromatic carbocycles. The van der Waals surface area contributed by atoms with E-state index in [1.165, 1.54) is 0 Å². The van der Waals surface area contributed by atoms with E-state index in [2.05, 4.69) is 11.2 Å². The van der Waals surface area contributed by atoms with E-state index < -0.39 is 0 Å². The molecule has 1 atom stereocenters. The van der Waals surface area contributed by atoms with Gasteiger partial charge in [0, 0.05) is 17.9 Å². The molecule has 1 aromatic rings. The molecule has 0 spiro atoms. The van der Waals surface area contributed by atoms with Crippen LogP contribution >= 0.6 is 11.8 Å². The second-order valence-electron chi connectivity index (χ2n) is 4.24. The Hall–Kier alpha value is -1.00. The molecule has 0 aliphatic carbocycles. The Bertz CT molecular complexity index is 378. The third kappa shape index (κ3) is 4.03. The molecule has 1 unspecified atom stereocenters. The van der Waals surface area contributed by atoms with Crippen LogP contribution in [0, 0.1) is 0 Å². The van der Waals surface area contributed by atoms with Crippen LogP contribution < -0.4 is 4.74 Å². The summed E-state index contributed by atoms with van der Waals surface area (Å²) >= 11 is 1.79. The SMILES string of the molecule is COc1ccc(C(=O)C(C)N(C)CCSC)cc1. The van der Waals surface area contributed by atoms with Gasteiger partial charge < -0.3 is 4.74 Å². The van der Waals surface area contributed by atoms with Gasteiger partial charge in [0.05, 0.1) is 13.2 Å². The number of methoxy groups -OCH3 is 1. The van der Waals surface area contributed by atoms with Gasteiger partial charge in [-0.1, -0.05) is 0 Å². The molecule has 0 amide bonds. The van der Waals surface area contributed by atoms with E-state index in [1.54, 1.807) is 18.9 Å². The molecule has 0 fully saturated rings. The van der Waals surface area contributed by atoms with E-state index in [0.717, 1.165) is 23.6 Å². The van der Waals surface area contributed by atoms with Gasteiger partial charge in [0.1, 0.15) is 5.75 Å². The van der Waals surface area contributed by atoms with E-state index in [-0.39, 0.29) is 11.8 Å². The summed E-state index contributed by atoms with van der Waals surface area (Å²) in [5.41, 5.74) is 0.735. The summed E-state index contributed by atoms with van der Waals surface area (Å²) in [6.07, 6.45) is 2.07. The second kappa shape index (κ2) is 7.44. The first-order chi connectivity index (χ1) is 8.60. The Kier molecular flexibility index (Phi) is 6.22. The van der Waals surface area contributed by atoms with Gasteiger partial charge in [0.25, 0.3) is 0 Å². The molecule has 0 saturated carbocycles. The van der Waals surface area contributed by atoms with Gasteiger partial charge in [0.2, 0.25) is 0 Å². The summed E-state index contributed by atoms with van der Waals surface area (Å²) in [7, 11) is 3.61. The molecule has 0 aliphatic heterocycles. The van der Waals surface area contributed by atoms with Gasteiger partial charge in [-0.25, -0.2) is 0 Å². The Morgan fingerprint density at radius 1 is 1.39 bits per heavy atom. The van der Waals surface area contributed by atoms with Gasteiger partial charge in [-0.15, -0.1) is 0 Å². The average Bonchev–Trinajstić information content (AvgIpc) is 2.43. The van der Waals surface area contributed by atoms with Crippen molar-refractivity contribution in [3.05, 3.63) is 29.8 Å². The number of hydrogen-bond acceptors (Lipinski definition) is 4. The predicted molar refractivity (Wildman–Crippen MR) is 77.8 cm³/mol. The second-order valence-corrected chi connectivity index (χ2v) is 5.23. The number of carbonyl (C=O) groups is 1. The zero-order valence-electron chi connectivity index (χ0n) is 11.5. The molecule has 0 aromatic heterocycles. The minimum Gasteiger partial charge on any atom is -0.497 e. The van der Waals surface area contributed by atoms with Gasteiger partial charge in [-0.3, -0.25) is 9.69 Å². The van der Waals surface area contributed by atoms with Crippen LogP contribution in [0.5, 0.6) is 5.75 Å². The summed E-state index contributed by atoms with van der Waals surface area (Å²) < 4.78 is 5.09. The van der Waals surface area contributed by atoms with E-state index in [1.807, 2.05) is 38.2 Å². The number of carbonyl (C=O) groups excluding carboxylic acids is 1. The van der Waals surface area contributed by atoms with Gasteiger partial charge in [0.15, 0.2) is 5.78 Å². The first-order valence-electron chi connectivity index (χ1n) is 5.97. The van der Waals surface area contributed by atoms with Crippen molar-refractivity contribution < 1.29 is 9.53 Å². The summed E-state index contributed by atoms with van der Waals surface area (Å²) in [6, 6.07) is 7.19. The number of thioether (sulfide) groups is 1. The molecule has 0 saturated heterocycles. The van der Waals surface area contributed by atoms with Crippen LogP contribution in [0.15, 0.2) is 24.3 Å². The lowest BCUT2D eigenvalue weighted by Gasteiger charge is -2.23. The van der Waals surface area contributed by atoms with Crippen molar-refractivity contribution in [2.45, 2.75) is 13.0 Å². The number of Topliss-reactive ketones (excluding diaryl/α,β-unsaturated/α-hetero) is 1. The maximum Gasteiger partial charge on any atom is 0.179 e. The quantitative estimate of drug-likeness (QED) is 0.710. The number of ether oxygens (including phenoxy) is 1. The number of rotatable bonds is 7. The third-order valence-electron chi connectivity index (χ3n) is 3.06. The minimum atomic E-state index is -0.0921. The standard InChI is InChI=1S/C14H21NO2S/c1-11(15(2)9-10-18-4)14(16)12-5-7-13(17-3)8-6-12/h5-8,11H,9-10H2,1-4H3. The number of nitrogens with zero attached hydrogens (tertiary/aromatic N) is 1. The molecule has 3 nitrogen and oxygen atoms in total. The molecule has 0 aliphatic rings. The summed E-state index contributed by atoms with van der Waals surface area (Å²) in [5, 5.41) is 0. The van der Waals surface area contributed by atoms with Crippen LogP contribution in [-0.2, 0) is 0 Å². The van der Waals surface area contributed by atoms with Crippen molar-refractivity contribution in [2.24, 2.45) is 0 Å². The summed E-state index contributed by atoms with van der Waals surface area (Å²) in [6.45, 7) is 2.87. The first kappa shape index (κ1) is 15.1. The number of hydrogen-bond donors (Lipinski definition) is 0. The van der Waals surface area contributed by atoms with Crippen molar-refractivity contribution in [2.75, 3.05) is 32.7 Å². The Morgan fingerprint density at radius 2 is 2.00 bits per heavy atom. The lowest BCUT2D eigenvalue weighted by Crippen LogP contribution is -2.37. The van der Waals surface area contributed by atoms with Crippen molar-refractivity contribution in [1.82, 2.24) is 4.90 Å². The molecule has 1 rings (SSSR count). The Morgan fingerprint density at radius 3 is 2.50 bits per heavy atom. The van der Waals surface area contributed by atoms with Gasteiger partial charge in [-0.2, -0.15) is 11.8 Å². The van der Waals surface area contributed by atoms with Crippen LogP contribution in [0.25, 0.3) is 0 Å². The Balaban J connectivity index is 2.67. The van der Waals surface area contributed by atoms with E-state index in [0.29, 0.717) is 0 Å². The average molecular weight is 267 g/mol. The van der Waals surface area contributed by atoms with Crippen LogP contribution in [0.3, 0.4) is 0 Å². The summed E-state index contributed by atoms with van der Waals surface area (Å²) in [5.74, 6) is 1.97.